The molecule has 0 bridgehead atoms. The Kier molecular flexibility index (Phi) is 7.55. The summed E-state index contributed by atoms with van der Waals surface area (Å²) in [4.78, 5) is 25.3. The molecule has 1 aliphatic heterocycles. The third-order valence-electron chi connectivity index (χ3n) is 6.58. The van der Waals surface area contributed by atoms with Crippen LogP contribution in [0.4, 0.5) is 31.8 Å². The average Bonchev–Trinajstić information content (AvgIpc) is 2.95. The molecule has 0 aliphatic carbocycles. The summed E-state index contributed by atoms with van der Waals surface area (Å²) in [6.07, 6.45) is 2.86. The van der Waals surface area contributed by atoms with E-state index in [0.717, 1.165) is 49.0 Å². The first-order valence-corrected chi connectivity index (χ1v) is 12.4. The SMILES string of the molecule is C=CC(=O)Nc1ccc(F)c(-c2cccc3cnc(Nc4ccc(N5CCN(CCF)CC5)cc4)nc23)c1. The first-order chi connectivity index (χ1) is 18.5. The molecule has 38 heavy (non-hydrogen) atoms. The van der Waals surface area contributed by atoms with E-state index in [1.165, 1.54) is 12.1 Å². The highest BCUT2D eigenvalue weighted by Crippen LogP contribution is 2.32. The molecule has 2 N–H and O–H groups in total. The topological polar surface area (TPSA) is 73.4 Å². The van der Waals surface area contributed by atoms with Gasteiger partial charge in [0, 0.05) is 72.5 Å². The van der Waals surface area contributed by atoms with Gasteiger partial charge >= 0.3 is 0 Å². The predicted octanol–water partition coefficient (Wildman–Crippen LogP) is 5.40. The minimum Gasteiger partial charge on any atom is -0.369 e. The maximum Gasteiger partial charge on any atom is 0.247 e. The summed E-state index contributed by atoms with van der Waals surface area (Å²) in [5.74, 6) is -0.420. The number of fused-ring (bicyclic) bond motifs is 1. The number of nitrogens with one attached hydrogen (secondary N) is 2. The smallest absolute Gasteiger partial charge is 0.247 e. The Labute approximate surface area is 219 Å². The predicted molar refractivity (Wildman–Crippen MR) is 148 cm³/mol. The van der Waals surface area contributed by atoms with Gasteiger partial charge in [-0.2, -0.15) is 0 Å². The summed E-state index contributed by atoms with van der Waals surface area (Å²) >= 11 is 0. The van der Waals surface area contributed by atoms with Crippen LogP contribution in [0.1, 0.15) is 0 Å². The minimum atomic E-state index is -0.427. The Morgan fingerprint density at radius 3 is 2.50 bits per heavy atom. The number of piperazine rings is 1. The quantitative estimate of drug-likeness (QED) is 0.307. The number of alkyl halides is 1. The van der Waals surface area contributed by atoms with Crippen LogP contribution in [-0.4, -0.2) is 60.2 Å². The highest BCUT2D eigenvalue weighted by Gasteiger charge is 2.17. The van der Waals surface area contributed by atoms with Gasteiger partial charge in [-0.15, -0.1) is 0 Å². The highest BCUT2D eigenvalue weighted by atomic mass is 19.1. The van der Waals surface area contributed by atoms with E-state index in [4.69, 9.17) is 4.98 Å². The van der Waals surface area contributed by atoms with Gasteiger partial charge in [-0.3, -0.25) is 9.69 Å². The van der Waals surface area contributed by atoms with Gasteiger partial charge < -0.3 is 15.5 Å². The number of anilines is 4. The van der Waals surface area contributed by atoms with Crippen LogP contribution in [0.5, 0.6) is 0 Å². The molecule has 194 valence electrons. The molecule has 0 spiro atoms. The number of halogens is 2. The number of nitrogens with zero attached hydrogens (tertiary/aromatic N) is 4. The van der Waals surface area contributed by atoms with Crippen molar-refractivity contribution in [3.8, 4) is 11.1 Å². The highest BCUT2D eigenvalue weighted by molar-refractivity contribution is 6.00. The van der Waals surface area contributed by atoms with Crippen molar-refractivity contribution in [3.63, 3.8) is 0 Å². The largest absolute Gasteiger partial charge is 0.369 e. The Morgan fingerprint density at radius 2 is 1.76 bits per heavy atom. The van der Waals surface area contributed by atoms with Crippen molar-refractivity contribution < 1.29 is 13.6 Å². The first kappa shape index (κ1) is 25.3. The molecule has 0 atom stereocenters. The van der Waals surface area contributed by atoms with Gasteiger partial charge in [-0.1, -0.05) is 24.8 Å². The summed E-state index contributed by atoms with van der Waals surface area (Å²) in [5, 5.41) is 6.66. The van der Waals surface area contributed by atoms with Crippen LogP contribution in [0.3, 0.4) is 0 Å². The summed E-state index contributed by atoms with van der Waals surface area (Å²) in [6, 6.07) is 17.9. The fourth-order valence-corrected chi connectivity index (χ4v) is 4.57. The molecule has 1 saturated heterocycles. The van der Waals surface area contributed by atoms with E-state index in [9.17, 15) is 13.6 Å². The van der Waals surface area contributed by atoms with Crippen LogP contribution in [0.2, 0.25) is 0 Å². The van der Waals surface area contributed by atoms with Crippen LogP contribution in [0, 0.1) is 5.82 Å². The minimum absolute atomic E-state index is 0.312. The fourth-order valence-electron chi connectivity index (χ4n) is 4.57. The second-order valence-corrected chi connectivity index (χ2v) is 9.01. The first-order valence-electron chi connectivity index (χ1n) is 12.4. The van der Waals surface area contributed by atoms with Gasteiger partial charge in [0.15, 0.2) is 0 Å². The Hall–Kier alpha value is -4.37. The Bertz CT molecular complexity index is 1450. The molecule has 9 heteroatoms. The zero-order valence-corrected chi connectivity index (χ0v) is 20.8. The monoisotopic (exact) mass is 514 g/mol. The molecule has 4 aromatic rings. The molecule has 3 aromatic carbocycles. The molecule has 7 nitrogen and oxygen atoms in total. The second kappa shape index (κ2) is 11.4. The summed E-state index contributed by atoms with van der Waals surface area (Å²) < 4.78 is 27.5. The lowest BCUT2D eigenvalue weighted by Crippen LogP contribution is -2.47. The number of benzene rings is 3. The number of amides is 1. The Morgan fingerprint density at radius 1 is 1.00 bits per heavy atom. The van der Waals surface area contributed by atoms with Crippen LogP contribution in [0.25, 0.3) is 22.0 Å². The zero-order valence-electron chi connectivity index (χ0n) is 20.8. The molecule has 1 aliphatic rings. The van der Waals surface area contributed by atoms with Gasteiger partial charge in [-0.05, 0) is 48.5 Å². The molecule has 0 unspecified atom stereocenters. The number of hydrogen-bond donors (Lipinski definition) is 2. The molecule has 5 rings (SSSR count). The van der Waals surface area contributed by atoms with E-state index in [0.29, 0.717) is 34.8 Å². The summed E-state index contributed by atoms with van der Waals surface area (Å²) in [7, 11) is 0. The maximum absolute atomic E-state index is 14.9. The Balaban J connectivity index is 1.37. The van der Waals surface area contributed by atoms with E-state index < -0.39 is 5.82 Å². The number of carbonyl (C=O) groups is 1. The van der Waals surface area contributed by atoms with Crippen molar-refractivity contribution in [2.24, 2.45) is 0 Å². The van der Waals surface area contributed by atoms with E-state index in [1.54, 1.807) is 18.3 Å². The molecule has 1 amide bonds. The molecule has 2 heterocycles. The van der Waals surface area contributed by atoms with Gasteiger partial charge in [0.2, 0.25) is 11.9 Å². The third kappa shape index (κ3) is 5.63. The lowest BCUT2D eigenvalue weighted by molar-refractivity contribution is -0.111. The maximum atomic E-state index is 14.9. The van der Waals surface area contributed by atoms with Crippen molar-refractivity contribution in [1.82, 2.24) is 14.9 Å². The number of para-hydroxylation sites is 1. The van der Waals surface area contributed by atoms with E-state index >= 15 is 0 Å². The number of hydrogen-bond acceptors (Lipinski definition) is 6. The lowest BCUT2D eigenvalue weighted by atomic mass is 10.0. The van der Waals surface area contributed by atoms with E-state index in [1.807, 2.05) is 36.4 Å². The lowest BCUT2D eigenvalue weighted by Gasteiger charge is -2.35. The van der Waals surface area contributed by atoms with Crippen molar-refractivity contribution in [3.05, 3.63) is 85.3 Å². The third-order valence-corrected chi connectivity index (χ3v) is 6.58. The van der Waals surface area contributed by atoms with Crippen LogP contribution in [-0.2, 0) is 4.79 Å². The number of rotatable bonds is 8. The van der Waals surface area contributed by atoms with Gasteiger partial charge in [0.05, 0.1) is 5.52 Å². The standard InChI is InChI=1S/C29H28F2N6O/c1-2-27(38)33-22-8-11-26(31)25(18-22)24-5-3-4-20-19-32-29(35-28(20)24)34-21-6-9-23(10-7-21)37-16-14-36(13-12-30)15-17-37/h2-11,18-19H,1,12-17H2,(H,33,38)(H,32,34,35). The van der Waals surface area contributed by atoms with Crippen LogP contribution >= 0.6 is 0 Å². The fraction of sp³-hybridized carbons (Fsp3) is 0.207. The molecule has 1 fully saturated rings. The van der Waals surface area contributed by atoms with E-state index in [-0.39, 0.29) is 12.6 Å². The summed E-state index contributed by atoms with van der Waals surface area (Å²) in [5.41, 5.74) is 3.87. The molecule has 1 aromatic heterocycles. The van der Waals surface area contributed by atoms with Gasteiger partial charge in [0.1, 0.15) is 12.5 Å². The summed E-state index contributed by atoms with van der Waals surface area (Å²) in [6.45, 7) is 7.05. The van der Waals surface area contributed by atoms with Gasteiger partial charge in [0.25, 0.3) is 0 Å². The molecular formula is C29H28F2N6O. The normalized spacial score (nSPS) is 13.9. The molecule has 0 radical (unpaired) electrons. The van der Waals surface area contributed by atoms with Crippen LogP contribution in [0.15, 0.2) is 79.5 Å². The van der Waals surface area contributed by atoms with Crippen LogP contribution < -0.4 is 15.5 Å². The van der Waals surface area contributed by atoms with Crippen molar-refractivity contribution in [2.75, 3.05) is 54.9 Å². The van der Waals surface area contributed by atoms with Crippen molar-refractivity contribution in [1.29, 1.82) is 0 Å². The van der Waals surface area contributed by atoms with Gasteiger partial charge in [-0.25, -0.2) is 18.7 Å². The van der Waals surface area contributed by atoms with Crippen molar-refractivity contribution >= 4 is 39.8 Å². The number of carbonyl (C=O) groups excluding carboxylic acids is 1. The second-order valence-electron chi connectivity index (χ2n) is 9.01. The average molecular weight is 515 g/mol. The molecular weight excluding hydrogens is 486 g/mol. The number of aromatic nitrogens is 2. The zero-order chi connectivity index (χ0) is 26.5. The van der Waals surface area contributed by atoms with E-state index in [2.05, 4.69) is 32.0 Å². The van der Waals surface area contributed by atoms with Crippen molar-refractivity contribution in [2.45, 2.75) is 0 Å². The molecule has 0 saturated carbocycles.